The standard InChI is InChI=1S/C13H17N3S/c1-17-9-3-7-14-12-5-2-4-11(10-12)13-6-8-15-16-13/h2,4-6,8,10,14H,3,7,9H2,1H3,(H,15,16). The van der Waals surface area contributed by atoms with Crippen LogP contribution in [0.4, 0.5) is 5.69 Å². The van der Waals surface area contributed by atoms with Gasteiger partial charge in [-0.05, 0) is 36.6 Å². The largest absolute Gasteiger partial charge is 0.385 e. The van der Waals surface area contributed by atoms with Gasteiger partial charge in [-0.15, -0.1) is 0 Å². The van der Waals surface area contributed by atoms with Crippen LogP contribution in [0.1, 0.15) is 6.42 Å². The molecule has 1 aromatic carbocycles. The van der Waals surface area contributed by atoms with Crippen molar-refractivity contribution >= 4 is 17.4 Å². The van der Waals surface area contributed by atoms with E-state index in [1.165, 1.54) is 17.9 Å². The van der Waals surface area contributed by atoms with Gasteiger partial charge in [0.25, 0.3) is 0 Å². The Labute approximate surface area is 106 Å². The first-order valence-electron chi connectivity index (χ1n) is 5.73. The highest BCUT2D eigenvalue weighted by Gasteiger charge is 1.99. The SMILES string of the molecule is CSCCCNc1cccc(-c2ccn[nH]2)c1. The van der Waals surface area contributed by atoms with Crippen LogP contribution in [0.25, 0.3) is 11.3 Å². The highest BCUT2D eigenvalue weighted by atomic mass is 32.2. The van der Waals surface area contributed by atoms with Crippen LogP contribution in [0.15, 0.2) is 36.5 Å². The molecule has 17 heavy (non-hydrogen) atoms. The smallest absolute Gasteiger partial charge is 0.0650 e. The monoisotopic (exact) mass is 247 g/mol. The fourth-order valence-electron chi connectivity index (χ4n) is 1.66. The van der Waals surface area contributed by atoms with Crippen LogP contribution in [0, 0.1) is 0 Å². The van der Waals surface area contributed by atoms with Crippen LogP contribution >= 0.6 is 11.8 Å². The second-order valence-electron chi connectivity index (χ2n) is 3.82. The van der Waals surface area contributed by atoms with E-state index in [1.807, 2.05) is 17.8 Å². The first-order chi connectivity index (χ1) is 8.40. The van der Waals surface area contributed by atoms with Crippen LogP contribution in [0.2, 0.25) is 0 Å². The molecule has 0 aliphatic heterocycles. The summed E-state index contributed by atoms with van der Waals surface area (Å²) < 4.78 is 0. The molecule has 90 valence electrons. The summed E-state index contributed by atoms with van der Waals surface area (Å²) in [5, 5.41) is 10.4. The molecular formula is C13H17N3S. The summed E-state index contributed by atoms with van der Waals surface area (Å²) in [6.45, 7) is 1.02. The summed E-state index contributed by atoms with van der Waals surface area (Å²) >= 11 is 1.88. The van der Waals surface area contributed by atoms with Crippen LogP contribution in [-0.2, 0) is 0 Å². The maximum atomic E-state index is 3.97. The van der Waals surface area contributed by atoms with E-state index in [2.05, 4.69) is 46.0 Å². The third-order valence-corrected chi connectivity index (χ3v) is 3.23. The van der Waals surface area contributed by atoms with Crippen molar-refractivity contribution in [2.75, 3.05) is 23.9 Å². The Morgan fingerprint density at radius 3 is 3.06 bits per heavy atom. The number of H-pyrrole nitrogens is 1. The zero-order valence-electron chi connectivity index (χ0n) is 9.94. The van der Waals surface area contributed by atoms with Gasteiger partial charge in [-0.3, -0.25) is 5.10 Å². The van der Waals surface area contributed by atoms with Crippen molar-refractivity contribution in [2.45, 2.75) is 6.42 Å². The molecule has 0 aliphatic rings. The topological polar surface area (TPSA) is 40.7 Å². The first-order valence-corrected chi connectivity index (χ1v) is 7.12. The zero-order valence-corrected chi connectivity index (χ0v) is 10.8. The lowest BCUT2D eigenvalue weighted by Crippen LogP contribution is -2.02. The third kappa shape index (κ3) is 3.53. The van der Waals surface area contributed by atoms with Crippen molar-refractivity contribution in [3.63, 3.8) is 0 Å². The second kappa shape index (κ2) is 6.35. The average Bonchev–Trinajstić information content (AvgIpc) is 2.89. The highest BCUT2D eigenvalue weighted by molar-refractivity contribution is 7.98. The number of aromatic nitrogens is 2. The molecule has 0 saturated heterocycles. The Hall–Kier alpha value is -1.42. The van der Waals surface area contributed by atoms with Gasteiger partial charge in [0.1, 0.15) is 0 Å². The molecule has 4 heteroatoms. The Balaban J connectivity index is 1.97. The number of benzene rings is 1. The van der Waals surface area contributed by atoms with Crippen molar-refractivity contribution in [1.82, 2.24) is 10.2 Å². The Morgan fingerprint density at radius 1 is 1.35 bits per heavy atom. The summed E-state index contributed by atoms with van der Waals surface area (Å²) in [5.74, 6) is 1.20. The fourth-order valence-corrected chi connectivity index (χ4v) is 2.10. The molecule has 0 unspecified atom stereocenters. The van der Waals surface area contributed by atoms with Gasteiger partial charge in [-0.25, -0.2) is 0 Å². The van der Waals surface area contributed by atoms with E-state index in [0.717, 1.165) is 17.8 Å². The molecule has 1 aromatic heterocycles. The number of hydrogen-bond acceptors (Lipinski definition) is 3. The number of thioether (sulfide) groups is 1. The van der Waals surface area contributed by atoms with Crippen LogP contribution in [0.3, 0.4) is 0 Å². The summed E-state index contributed by atoms with van der Waals surface area (Å²) in [6.07, 6.45) is 5.10. The summed E-state index contributed by atoms with van der Waals surface area (Å²) in [6, 6.07) is 10.4. The third-order valence-electron chi connectivity index (χ3n) is 2.53. The van der Waals surface area contributed by atoms with Crippen LogP contribution in [0.5, 0.6) is 0 Å². The molecule has 0 spiro atoms. The number of rotatable bonds is 6. The minimum Gasteiger partial charge on any atom is -0.385 e. The molecule has 0 aliphatic carbocycles. The molecule has 2 rings (SSSR count). The maximum absolute atomic E-state index is 3.97. The van der Waals surface area contributed by atoms with Crippen molar-refractivity contribution in [1.29, 1.82) is 0 Å². The molecule has 0 radical (unpaired) electrons. The Morgan fingerprint density at radius 2 is 2.29 bits per heavy atom. The quantitative estimate of drug-likeness (QED) is 0.770. The number of aromatic amines is 1. The van der Waals surface area contributed by atoms with Crippen molar-refractivity contribution in [2.24, 2.45) is 0 Å². The van der Waals surface area contributed by atoms with Gasteiger partial charge in [-0.2, -0.15) is 16.9 Å². The molecule has 3 nitrogen and oxygen atoms in total. The van der Waals surface area contributed by atoms with Gasteiger partial charge in [0.2, 0.25) is 0 Å². The second-order valence-corrected chi connectivity index (χ2v) is 4.81. The first kappa shape index (κ1) is 12.0. The van der Waals surface area contributed by atoms with Gasteiger partial charge in [0.15, 0.2) is 0 Å². The van der Waals surface area contributed by atoms with Crippen molar-refractivity contribution < 1.29 is 0 Å². The molecular weight excluding hydrogens is 230 g/mol. The maximum Gasteiger partial charge on any atom is 0.0650 e. The zero-order chi connectivity index (χ0) is 11.9. The molecule has 0 atom stereocenters. The predicted octanol–water partition coefficient (Wildman–Crippen LogP) is 3.24. The van der Waals surface area contributed by atoms with Crippen molar-refractivity contribution in [3.05, 3.63) is 36.5 Å². The van der Waals surface area contributed by atoms with E-state index >= 15 is 0 Å². The molecule has 0 bridgehead atoms. The van der Waals surface area contributed by atoms with Crippen LogP contribution < -0.4 is 5.32 Å². The Bertz CT molecular complexity index is 440. The van der Waals surface area contributed by atoms with Crippen molar-refractivity contribution in [3.8, 4) is 11.3 Å². The number of nitrogens with one attached hydrogen (secondary N) is 2. The minimum atomic E-state index is 1.02. The van der Waals surface area contributed by atoms with Gasteiger partial charge in [0, 0.05) is 24.0 Å². The van der Waals surface area contributed by atoms with E-state index in [0.29, 0.717) is 0 Å². The van der Waals surface area contributed by atoms with E-state index in [1.54, 1.807) is 6.20 Å². The van der Waals surface area contributed by atoms with Gasteiger partial charge < -0.3 is 5.32 Å². The van der Waals surface area contributed by atoms with E-state index in [-0.39, 0.29) is 0 Å². The lowest BCUT2D eigenvalue weighted by Gasteiger charge is -2.07. The van der Waals surface area contributed by atoms with Crippen LogP contribution in [-0.4, -0.2) is 28.8 Å². The normalized spacial score (nSPS) is 10.4. The molecule has 2 aromatic rings. The van der Waals surface area contributed by atoms with E-state index in [9.17, 15) is 0 Å². The average molecular weight is 247 g/mol. The van der Waals surface area contributed by atoms with Gasteiger partial charge in [0.05, 0.1) is 5.69 Å². The summed E-state index contributed by atoms with van der Waals surface area (Å²) in [4.78, 5) is 0. The lowest BCUT2D eigenvalue weighted by molar-refractivity contribution is 0.993. The number of hydrogen-bond donors (Lipinski definition) is 2. The highest BCUT2D eigenvalue weighted by Crippen LogP contribution is 2.20. The van der Waals surface area contributed by atoms with E-state index in [4.69, 9.17) is 0 Å². The summed E-state index contributed by atoms with van der Waals surface area (Å²) in [5.41, 5.74) is 3.38. The van der Waals surface area contributed by atoms with Gasteiger partial charge >= 0.3 is 0 Å². The number of anilines is 1. The molecule has 0 fully saturated rings. The molecule has 0 amide bonds. The van der Waals surface area contributed by atoms with Gasteiger partial charge in [-0.1, -0.05) is 12.1 Å². The fraction of sp³-hybridized carbons (Fsp3) is 0.308. The lowest BCUT2D eigenvalue weighted by atomic mass is 10.1. The Kier molecular flexibility index (Phi) is 4.50. The number of nitrogens with zero attached hydrogens (tertiary/aromatic N) is 1. The molecule has 0 saturated carbocycles. The minimum absolute atomic E-state index is 1.02. The van der Waals surface area contributed by atoms with E-state index < -0.39 is 0 Å². The molecule has 1 heterocycles. The predicted molar refractivity (Wildman–Crippen MR) is 75.5 cm³/mol. The summed E-state index contributed by atoms with van der Waals surface area (Å²) in [7, 11) is 0. The molecule has 2 N–H and O–H groups in total.